The van der Waals surface area contributed by atoms with Crippen molar-refractivity contribution in [1.29, 1.82) is 0 Å². The van der Waals surface area contributed by atoms with Gasteiger partial charge >= 0.3 is 0 Å². The van der Waals surface area contributed by atoms with Gasteiger partial charge in [-0.1, -0.05) is 53.9 Å². The van der Waals surface area contributed by atoms with Gasteiger partial charge in [0.25, 0.3) is 0 Å². The molecule has 3 atom stereocenters. The summed E-state index contributed by atoms with van der Waals surface area (Å²) in [6, 6.07) is 11.7. The van der Waals surface area contributed by atoms with E-state index in [1.165, 1.54) is 0 Å². The molecule has 0 bridgehead atoms. The van der Waals surface area contributed by atoms with Crippen molar-refractivity contribution in [3.63, 3.8) is 0 Å². The van der Waals surface area contributed by atoms with Gasteiger partial charge in [0.15, 0.2) is 0 Å². The van der Waals surface area contributed by atoms with E-state index in [4.69, 9.17) is 39.5 Å². The molecule has 1 heterocycles. The van der Waals surface area contributed by atoms with Crippen LogP contribution in [-0.2, 0) is 9.53 Å². The van der Waals surface area contributed by atoms with Crippen LogP contribution in [-0.4, -0.2) is 35.2 Å². The fourth-order valence-corrected chi connectivity index (χ4v) is 4.15. The molecule has 2 aromatic rings. The number of halogens is 3. The van der Waals surface area contributed by atoms with Gasteiger partial charge in [-0.2, -0.15) is 0 Å². The fourth-order valence-electron chi connectivity index (χ4n) is 3.49. The molecular weight excluding hydrogens is 409 g/mol. The van der Waals surface area contributed by atoms with Crippen LogP contribution >= 0.6 is 34.8 Å². The Morgan fingerprint density at radius 3 is 2.26 bits per heavy atom. The molecule has 0 aromatic heterocycles. The molecule has 0 unspecified atom stereocenters. The van der Waals surface area contributed by atoms with Gasteiger partial charge in [0.1, 0.15) is 12.7 Å². The first-order valence-electron chi connectivity index (χ1n) is 8.69. The third kappa shape index (κ3) is 4.41. The zero-order chi connectivity index (χ0) is 19.6. The number of hydrogen-bond acceptors (Lipinski definition) is 3. The van der Waals surface area contributed by atoms with E-state index in [0.717, 1.165) is 11.1 Å². The lowest BCUT2D eigenvalue weighted by molar-refractivity contribution is -0.165. The van der Waals surface area contributed by atoms with Gasteiger partial charge in [0.05, 0.1) is 18.7 Å². The van der Waals surface area contributed by atoms with Crippen LogP contribution in [0.25, 0.3) is 0 Å². The molecule has 27 heavy (non-hydrogen) atoms. The van der Waals surface area contributed by atoms with Crippen LogP contribution in [0.2, 0.25) is 15.1 Å². The third-order valence-electron chi connectivity index (χ3n) is 4.76. The zero-order valence-electron chi connectivity index (χ0n) is 14.7. The second-order valence-corrected chi connectivity index (χ2v) is 7.79. The number of carbonyl (C=O) groups excluding carboxylic acids is 1. The van der Waals surface area contributed by atoms with Gasteiger partial charge in [-0.15, -0.1) is 0 Å². The molecule has 0 aliphatic carbocycles. The first kappa shape index (κ1) is 20.4. The molecule has 0 spiro atoms. The van der Waals surface area contributed by atoms with Crippen LogP contribution < -0.4 is 0 Å². The number of nitrogens with zero attached hydrogens (tertiary/aromatic N) is 1. The first-order chi connectivity index (χ1) is 12.9. The van der Waals surface area contributed by atoms with Gasteiger partial charge in [0, 0.05) is 15.1 Å². The van der Waals surface area contributed by atoms with Gasteiger partial charge in [-0.3, -0.25) is 4.79 Å². The molecule has 3 rings (SSSR count). The van der Waals surface area contributed by atoms with Crippen LogP contribution in [0.4, 0.5) is 0 Å². The lowest BCUT2D eigenvalue weighted by atomic mass is 9.91. The molecule has 0 saturated carbocycles. The van der Waals surface area contributed by atoms with Crippen molar-refractivity contribution in [2.75, 3.05) is 13.2 Å². The number of morpholine rings is 1. The molecule has 1 aliphatic heterocycles. The summed E-state index contributed by atoms with van der Waals surface area (Å²) in [7, 11) is 0. The van der Waals surface area contributed by atoms with Crippen LogP contribution in [0.5, 0.6) is 0 Å². The topological polar surface area (TPSA) is 49.8 Å². The van der Waals surface area contributed by atoms with E-state index >= 15 is 0 Å². The van der Waals surface area contributed by atoms with E-state index in [0.29, 0.717) is 21.5 Å². The Labute approximate surface area is 173 Å². The molecule has 7 heteroatoms. The Hall–Kier alpha value is -1.30. The predicted molar refractivity (Wildman–Crippen MR) is 107 cm³/mol. The summed E-state index contributed by atoms with van der Waals surface area (Å²) >= 11 is 18.4. The Morgan fingerprint density at radius 2 is 1.70 bits per heavy atom. The Morgan fingerprint density at radius 1 is 1.07 bits per heavy atom. The van der Waals surface area contributed by atoms with Crippen molar-refractivity contribution in [3.8, 4) is 0 Å². The molecule has 144 valence electrons. The summed E-state index contributed by atoms with van der Waals surface area (Å²) in [6.45, 7) is 1.73. The second kappa shape index (κ2) is 8.80. The summed E-state index contributed by atoms with van der Waals surface area (Å²) in [4.78, 5) is 14.4. The average Bonchev–Trinajstić information content (AvgIpc) is 2.63. The highest BCUT2D eigenvalue weighted by Gasteiger charge is 2.41. The Balaban J connectivity index is 2.12. The lowest BCUT2D eigenvalue weighted by Gasteiger charge is -2.45. The molecule has 1 fully saturated rings. The maximum absolute atomic E-state index is 12.7. The summed E-state index contributed by atoms with van der Waals surface area (Å²) < 4.78 is 5.93. The van der Waals surface area contributed by atoms with Gasteiger partial charge < -0.3 is 14.7 Å². The van der Waals surface area contributed by atoms with Gasteiger partial charge in [-0.05, 0) is 47.9 Å². The predicted octanol–water partition coefficient (Wildman–Crippen LogP) is 5.06. The Kier molecular flexibility index (Phi) is 6.66. The van der Waals surface area contributed by atoms with E-state index in [9.17, 15) is 9.90 Å². The van der Waals surface area contributed by atoms with Crippen LogP contribution in [0.3, 0.4) is 0 Å². The number of ether oxygens (including phenoxy) is 1. The maximum Gasteiger partial charge on any atom is 0.249 e. The maximum atomic E-state index is 12.7. The second-order valence-electron chi connectivity index (χ2n) is 6.48. The number of aliphatic hydroxyl groups excluding tert-OH is 1. The number of carbonyl (C=O) groups is 1. The van der Waals surface area contributed by atoms with Crippen molar-refractivity contribution < 1.29 is 14.6 Å². The molecule has 1 saturated heterocycles. The minimum Gasteiger partial charge on any atom is -0.394 e. The van der Waals surface area contributed by atoms with Crippen molar-refractivity contribution in [1.82, 2.24) is 4.90 Å². The van der Waals surface area contributed by atoms with E-state index < -0.39 is 12.1 Å². The summed E-state index contributed by atoms with van der Waals surface area (Å²) in [5, 5.41) is 11.4. The number of rotatable bonds is 5. The standard InChI is InChI=1S/C20H20Cl3NO3/c1-2-17(10-25)24-18(26)11-27-20(13-7-15(22)9-16(23)8-13)19(24)12-3-5-14(21)6-4-12/h3-9,17,19-20,25H,2,10-11H2,1H3/t17-,19+,20+/m0/s1. The molecule has 4 nitrogen and oxygen atoms in total. The van der Waals surface area contributed by atoms with Crippen molar-refractivity contribution in [2.24, 2.45) is 0 Å². The monoisotopic (exact) mass is 427 g/mol. The molecule has 1 N–H and O–H groups in total. The largest absolute Gasteiger partial charge is 0.394 e. The van der Waals surface area contributed by atoms with Crippen molar-refractivity contribution in [3.05, 3.63) is 68.7 Å². The lowest BCUT2D eigenvalue weighted by Crippen LogP contribution is -2.51. The van der Waals surface area contributed by atoms with Crippen molar-refractivity contribution in [2.45, 2.75) is 31.5 Å². The normalized spacial score (nSPS) is 21.4. The highest BCUT2D eigenvalue weighted by molar-refractivity contribution is 6.34. The number of hydrogen-bond donors (Lipinski definition) is 1. The van der Waals surface area contributed by atoms with Gasteiger partial charge in [-0.25, -0.2) is 0 Å². The molecule has 1 amide bonds. The zero-order valence-corrected chi connectivity index (χ0v) is 17.0. The number of benzene rings is 2. The summed E-state index contributed by atoms with van der Waals surface area (Å²) in [5.41, 5.74) is 1.64. The Bertz CT molecular complexity index is 788. The average molecular weight is 429 g/mol. The third-order valence-corrected chi connectivity index (χ3v) is 5.45. The summed E-state index contributed by atoms with van der Waals surface area (Å²) in [5.74, 6) is -0.166. The van der Waals surface area contributed by atoms with Crippen molar-refractivity contribution >= 4 is 40.7 Å². The first-order valence-corrected chi connectivity index (χ1v) is 9.83. The highest BCUT2D eigenvalue weighted by atomic mass is 35.5. The number of aliphatic hydroxyl groups is 1. The van der Waals surface area contributed by atoms with Gasteiger partial charge in [0.2, 0.25) is 5.91 Å². The minimum atomic E-state index is -0.472. The van der Waals surface area contributed by atoms with E-state index in [-0.39, 0.29) is 25.2 Å². The van der Waals surface area contributed by atoms with E-state index in [1.54, 1.807) is 35.2 Å². The summed E-state index contributed by atoms with van der Waals surface area (Å²) in [6.07, 6.45) is 0.149. The van der Waals surface area contributed by atoms with Crippen LogP contribution in [0.1, 0.15) is 36.6 Å². The smallest absolute Gasteiger partial charge is 0.249 e. The molecular formula is C20H20Cl3NO3. The SMILES string of the molecule is CC[C@@H](CO)N1C(=O)CO[C@H](c2cc(Cl)cc(Cl)c2)[C@H]1c1ccc(Cl)cc1. The molecule has 2 aromatic carbocycles. The fraction of sp³-hybridized carbons (Fsp3) is 0.350. The minimum absolute atomic E-state index is 0.0740. The van der Waals surface area contributed by atoms with Crippen LogP contribution in [0, 0.1) is 0 Å². The quantitative estimate of drug-likeness (QED) is 0.724. The molecule has 0 radical (unpaired) electrons. The highest BCUT2D eigenvalue weighted by Crippen LogP contribution is 2.42. The van der Waals surface area contributed by atoms with E-state index in [1.807, 2.05) is 19.1 Å². The molecule has 1 aliphatic rings. The van der Waals surface area contributed by atoms with Crippen LogP contribution in [0.15, 0.2) is 42.5 Å². The number of amides is 1. The van der Waals surface area contributed by atoms with E-state index in [2.05, 4.69) is 0 Å².